The van der Waals surface area contributed by atoms with Gasteiger partial charge < -0.3 is 25.4 Å². The van der Waals surface area contributed by atoms with Crippen molar-refractivity contribution in [1.82, 2.24) is 5.32 Å². The van der Waals surface area contributed by atoms with Crippen LogP contribution >= 0.6 is 0 Å². The predicted octanol–water partition coefficient (Wildman–Crippen LogP) is 2.91. The van der Waals surface area contributed by atoms with E-state index in [1.54, 1.807) is 20.3 Å². The third-order valence-electron chi connectivity index (χ3n) is 5.01. The number of hydrogen-bond donors (Lipinski definition) is 2. The van der Waals surface area contributed by atoms with Crippen molar-refractivity contribution >= 4 is 11.6 Å². The van der Waals surface area contributed by atoms with Gasteiger partial charge in [-0.1, -0.05) is 6.07 Å². The lowest BCUT2D eigenvalue weighted by atomic mass is 10.1. The molecule has 8 heteroatoms. The molecule has 1 fully saturated rings. The molecule has 0 amide bonds. The summed E-state index contributed by atoms with van der Waals surface area (Å²) >= 11 is 0. The number of nitrogens with two attached hydrogens (primary N) is 1. The Hall–Kier alpha value is -3.03. The highest BCUT2D eigenvalue weighted by molar-refractivity contribution is 5.77. The molecule has 1 aliphatic rings. The zero-order valence-electron chi connectivity index (χ0n) is 16.6. The highest BCUT2D eigenvalue weighted by Gasteiger charge is 2.23. The molecular weight excluding hydrogens is 378 g/mol. The van der Waals surface area contributed by atoms with Gasteiger partial charge in [0.25, 0.3) is 0 Å². The van der Waals surface area contributed by atoms with Gasteiger partial charge in [0.05, 0.1) is 20.8 Å². The van der Waals surface area contributed by atoms with Gasteiger partial charge in [0, 0.05) is 31.4 Å². The van der Waals surface area contributed by atoms with Crippen molar-refractivity contribution in [2.24, 2.45) is 16.6 Å². The van der Waals surface area contributed by atoms with Crippen LogP contribution in [0.1, 0.15) is 12.0 Å². The number of anilines is 1. The number of benzene rings is 2. The number of nitrogens with zero attached hydrogens (tertiary/aromatic N) is 2. The summed E-state index contributed by atoms with van der Waals surface area (Å²) in [7, 11) is 3.18. The predicted molar refractivity (Wildman–Crippen MR) is 110 cm³/mol. The van der Waals surface area contributed by atoms with Crippen LogP contribution in [0.4, 0.5) is 14.5 Å². The Morgan fingerprint density at radius 3 is 2.66 bits per heavy atom. The van der Waals surface area contributed by atoms with E-state index in [-0.39, 0.29) is 0 Å². The molecule has 156 valence electrons. The zero-order valence-corrected chi connectivity index (χ0v) is 16.6. The second-order valence-electron chi connectivity index (χ2n) is 6.97. The van der Waals surface area contributed by atoms with Crippen LogP contribution in [0.25, 0.3) is 0 Å². The Morgan fingerprint density at radius 2 is 1.93 bits per heavy atom. The van der Waals surface area contributed by atoms with Crippen LogP contribution in [0.15, 0.2) is 41.4 Å². The van der Waals surface area contributed by atoms with Crippen LogP contribution in [-0.2, 0) is 6.54 Å². The zero-order chi connectivity index (χ0) is 20.8. The molecule has 0 bridgehead atoms. The van der Waals surface area contributed by atoms with Gasteiger partial charge in [-0.15, -0.1) is 0 Å². The average molecular weight is 404 g/mol. The van der Waals surface area contributed by atoms with E-state index in [0.717, 1.165) is 31.1 Å². The van der Waals surface area contributed by atoms with Crippen LogP contribution < -0.4 is 25.4 Å². The summed E-state index contributed by atoms with van der Waals surface area (Å²) in [5.41, 5.74) is 7.64. The van der Waals surface area contributed by atoms with Gasteiger partial charge >= 0.3 is 0 Å². The molecular formula is C21H26F2N4O2. The quantitative estimate of drug-likeness (QED) is 0.549. The number of hydrogen-bond acceptors (Lipinski definition) is 4. The van der Waals surface area contributed by atoms with Gasteiger partial charge in [-0.25, -0.2) is 13.8 Å². The van der Waals surface area contributed by atoms with Crippen molar-refractivity contribution in [1.29, 1.82) is 0 Å². The SMILES string of the molecule is COc1ccc(CN=C(N)NCC2CCN(c3ccc(F)c(F)c3)C2)cc1OC. The minimum Gasteiger partial charge on any atom is -0.493 e. The molecule has 0 saturated carbocycles. The van der Waals surface area contributed by atoms with Crippen molar-refractivity contribution < 1.29 is 18.3 Å². The summed E-state index contributed by atoms with van der Waals surface area (Å²) in [6.45, 7) is 2.63. The molecule has 1 atom stereocenters. The standard InChI is InChI=1S/C21H26F2N4O2/c1-28-19-6-3-14(9-20(19)29-2)11-25-21(24)26-12-15-7-8-27(13-15)16-4-5-17(22)18(23)10-16/h3-6,9-10,15H,7-8,11-13H2,1-2H3,(H3,24,25,26). The first-order chi connectivity index (χ1) is 14.0. The summed E-state index contributed by atoms with van der Waals surface area (Å²) in [5, 5.41) is 3.15. The monoisotopic (exact) mass is 404 g/mol. The van der Waals surface area contributed by atoms with Gasteiger partial charge in [-0.2, -0.15) is 0 Å². The molecule has 1 unspecified atom stereocenters. The maximum absolute atomic E-state index is 13.4. The van der Waals surface area contributed by atoms with Crippen molar-refractivity contribution in [2.75, 3.05) is 38.8 Å². The molecule has 0 spiro atoms. The van der Waals surface area contributed by atoms with Crippen molar-refractivity contribution in [2.45, 2.75) is 13.0 Å². The molecule has 3 rings (SSSR count). The minimum absolute atomic E-state index is 0.345. The Kier molecular flexibility index (Phi) is 6.74. The Balaban J connectivity index is 1.49. The molecule has 3 N–H and O–H groups in total. The van der Waals surface area contributed by atoms with E-state index in [1.807, 2.05) is 23.1 Å². The first-order valence-electron chi connectivity index (χ1n) is 9.45. The van der Waals surface area contributed by atoms with E-state index < -0.39 is 11.6 Å². The van der Waals surface area contributed by atoms with Crippen LogP contribution in [0.3, 0.4) is 0 Å². The number of methoxy groups -OCH3 is 2. The number of ether oxygens (including phenoxy) is 2. The molecule has 0 aromatic heterocycles. The van der Waals surface area contributed by atoms with Gasteiger partial charge in [-0.3, -0.25) is 0 Å². The van der Waals surface area contributed by atoms with E-state index in [1.165, 1.54) is 6.07 Å². The topological polar surface area (TPSA) is 72.1 Å². The maximum Gasteiger partial charge on any atom is 0.188 e. The molecule has 6 nitrogen and oxygen atoms in total. The smallest absolute Gasteiger partial charge is 0.188 e. The van der Waals surface area contributed by atoms with E-state index in [0.29, 0.717) is 42.2 Å². The summed E-state index contributed by atoms with van der Waals surface area (Å²) in [6, 6.07) is 9.62. The Bertz CT molecular complexity index is 876. The first kappa shape index (κ1) is 20.7. The number of aliphatic imine (C=N–C) groups is 1. The van der Waals surface area contributed by atoms with Crippen LogP contribution in [0, 0.1) is 17.6 Å². The first-order valence-corrected chi connectivity index (χ1v) is 9.45. The fourth-order valence-electron chi connectivity index (χ4n) is 3.38. The molecule has 0 aliphatic carbocycles. The van der Waals surface area contributed by atoms with E-state index in [4.69, 9.17) is 15.2 Å². The van der Waals surface area contributed by atoms with E-state index in [2.05, 4.69) is 10.3 Å². The third kappa shape index (κ3) is 5.28. The Morgan fingerprint density at radius 1 is 1.14 bits per heavy atom. The van der Waals surface area contributed by atoms with E-state index >= 15 is 0 Å². The highest BCUT2D eigenvalue weighted by atomic mass is 19.2. The summed E-state index contributed by atoms with van der Waals surface area (Å²) < 4.78 is 37.1. The molecule has 1 heterocycles. The highest BCUT2D eigenvalue weighted by Crippen LogP contribution is 2.28. The summed E-state index contributed by atoms with van der Waals surface area (Å²) in [5.74, 6) is 0.373. The van der Waals surface area contributed by atoms with E-state index in [9.17, 15) is 8.78 Å². The van der Waals surface area contributed by atoms with Crippen LogP contribution in [0.2, 0.25) is 0 Å². The minimum atomic E-state index is -0.829. The van der Waals surface area contributed by atoms with Gasteiger partial charge in [-0.05, 0) is 42.2 Å². The molecule has 29 heavy (non-hydrogen) atoms. The van der Waals surface area contributed by atoms with Gasteiger partial charge in [0.15, 0.2) is 29.1 Å². The fourth-order valence-corrected chi connectivity index (χ4v) is 3.38. The molecule has 2 aromatic carbocycles. The number of nitrogens with one attached hydrogen (secondary N) is 1. The van der Waals surface area contributed by atoms with Crippen molar-refractivity contribution in [3.63, 3.8) is 0 Å². The normalized spacial score (nSPS) is 16.8. The van der Waals surface area contributed by atoms with Gasteiger partial charge in [0.2, 0.25) is 0 Å². The lowest BCUT2D eigenvalue weighted by molar-refractivity contribution is 0.354. The summed E-state index contributed by atoms with van der Waals surface area (Å²) in [6.07, 6.45) is 0.939. The molecule has 1 aliphatic heterocycles. The molecule has 1 saturated heterocycles. The molecule has 0 radical (unpaired) electrons. The number of guanidine groups is 1. The van der Waals surface area contributed by atoms with Crippen LogP contribution in [0.5, 0.6) is 11.5 Å². The second-order valence-corrected chi connectivity index (χ2v) is 6.97. The van der Waals surface area contributed by atoms with Crippen LogP contribution in [-0.4, -0.2) is 39.8 Å². The molecule has 2 aromatic rings. The van der Waals surface area contributed by atoms with Gasteiger partial charge in [0.1, 0.15) is 0 Å². The number of halogens is 2. The summed E-state index contributed by atoms with van der Waals surface area (Å²) in [4.78, 5) is 6.41. The average Bonchev–Trinajstić information content (AvgIpc) is 3.21. The lowest BCUT2D eigenvalue weighted by Gasteiger charge is -2.19. The third-order valence-corrected chi connectivity index (χ3v) is 5.01. The lowest BCUT2D eigenvalue weighted by Crippen LogP contribution is -2.36. The largest absolute Gasteiger partial charge is 0.493 e. The maximum atomic E-state index is 13.4. The van der Waals surface area contributed by atoms with Crippen molar-refractivity contribution in [3.8, 4) is 11.5 Å². The fraction of sp³-hybridized carbons (Fsp3) is 0.381. The van der Waals surface area contributed by atoms with Crippen molar-refractivity contribution in [3.05, 3.63) is 53.6 Å². The number of rotatable bonds is 7. The second kappa shape index (κ2) is 9.45. The Labute approximate surface area is 169 Å².